The molecule has 0 radical (unpaired) electrons. The third-order valence-electron chi connectivity index (χ3n) is 2.61. The molecule has 0 aliphatic heterocycles. The fourth-order valence-electron chi connectivity index (χ4n) is 1.58. The Morgan fingerprint density at radius 3 is 2.68 bits per heavy atom. The van der Waals surface area contributed by atoms with Crippen LogP contribution in [0.15, 0.2) is 16.8 Å². The number of hydrogen-bond donors (Lipinski definition) is 1. The lowest BCUT2D eigenvalue weighted by atomic mass is 10.3. The van der Waals surface area contributed by atoms with Crippen LogP contribution in [-0.2, 0) is 13.0 Å². The number of nitrogens with one attached hydrogen (secondary N) is 1. The minimum absolute atomic E-state index is 0.261. The van der Waals surface area contributed by atoms with Gasteiger partial charge in [-0.1, -0.05) is 6.92 Å². The van der Waals surface area contributed by atoms with Gasteiger partial charge in [0.25, 0.3) is 5.91 Å². The summed E-state index contributed by atoms with van der Waals surface area (Å²) in [6.45, 7) is 5.85. The second-order valence-electron chi connectivity index (χ2n) is 4.21. The Hall–Kier alpha value is -2.24. The summed E-state index contributed by atoms with van der Waals surface area (Å²) in [5.74, 6) is 0.543. The third-order valence-corrected chi connectivity index (χ3v) is 2.61. The summed E-state index contributed by atoms with van der Waals surface area (Å²) in [6, 6.07) is 0. The molecule has 2 aromatic rings. The van der Waals surface area contributed by atoms with Crippen molar-refractivity contribution in [3.63, 3.8) is 0 Å². The Morgan fingerprint density at radius 2 is 2.11 bits per heavy atom. The van der Waals surface area contributed by atoms with E-state index in [1.165, 1.54) is 0 Å². The molecule has 2 rings (SSSR count). The predicted octanol–water partition coefficient (Wildman–Crippen LogP) is 1.57. The molecule has 1 amide bonds. The zero-order valence-corrected chi connectivity index (χ0v) is 11.2. The van der Waals surface area contributed by atoms with Crippen LogP contribution in [0.4, 0.5) is 0 Å². The number of aryl methyl sites for hydroxylation is 3. The van der Waals surface area contributed by atoms with Crippen molar-refractivity contribution in [1.82, 2.24) is 20.3 Å². The maximum atomic E-state index is 11.9. The molecule has 0 atom stereocenters. The van der Waals surface area contributed by atoms with Crippen LogP contribution < -0.4 is 5.32 Å². The smallest absolute Gasteiger partial charge is 0.289 e. The number of hydrogen-bond acceptors (Lipinski definition) is 5. The normalized spacial score (nSPS) is 10.5. The van der Waals surface area contributed by atoms with Crippen LogP contribution in [0.25, 0.3) is 0 Å². The first-order chi connectivity index (χ1) is 9.10. The van der Waals surface area contributed by atoms with Crippen molar-refractivity contribution in [2.45, 2.75) is 33.7 Å². The number of carbonyl (C=O) groups is 1. The van der Waals surface area contributed by atoms with Crippen molar-refractivity contribution in [1.29, 1.82) is 0 Å². The number of rotatable bonds is 4. The van der Waals surface area contributed by atoms with Crippen molar-refractivity contribution >= 4 is 5.91 Å². The van der Waals surface area contributed by atoms with Gasteiger partial charge in [-0.25, -0.2) is 4.98 Å². The monoisotopic (exact) mass is 260 g/mol. The molecule has 0 fully saturated rings. The van der Waals surface area contributed by atoms with Crippen LogP contribution in [-0.4, -0.2) is 20.9 Å². The van der Waals surface area contributed by atoms with E-state index in [1.54, 1.807) is 19.3 Å². The van der Waals surface area contributed by atoms with Gasteiger partial charge in [0.15, 0.2) is 5.89 Å². The van der Waals surface area contributed by atoms with Crippen molar-refractivity contribution in [3.8, 4) is 0 Å². The summed E-state index contributed by atoms with van der Waals surface area (Å²) < 4.78 is 5.37. The summed E-state index contributed by atoms with van der Waals surface area (Å²) >= 11 is 0. The van der Waals surface area contributed by atoms with Gasteiger partial charge in [0.1, 0.15) is 0 Å². The molecular formula is C13H16N4O2. The summed E-state index contributed by atoms with van der Waals surface area (Å²) in [7, 11) is 0. The van der Waals surface area contributed by atoms with Crippen LogP contribution in [0.2, 0.25) is 0 Å². The van der Waals surface area contributed by atoms with E-state index in [0.29, 0.717) is 30.2 Å². The highest BCUT2D eigenvalue weighted by Gasteiger charge is 2.16. The number of aromatic nitrogens is 3. The van der Waals surface area contributed by atoms with E-state index in [1.807, 2.05) is 13.8 Å². The first kappa shape index (κ1) is 13.2. The van der Waals surface area contributed by atoms with Crippen LogP contribution >= 0.6 is 0 Å². The van der Waals surface area contributed by atoms with Gasteiger partial charge < -0.3 is 9.73 Å². The standard InChI is InChI=1S/C13H16N4O2/c1-4-11-17-9(3)12(19-11)13(18)16-7-10-6-14-8(2)5-15-10/h5-6H,4,7H2,1-3H3,(H,16,18). The summed E-state index contributed by atoms with van der Waals surface area (Å²) in [5, 5.41) is 2.74. The lowest BCUT2D eigenvalue weighted by Gasteiger charge is -2.02. The maximum absolute atomic E-state index is 11.9. The average molecular weight is 260 g/mol. The number of oxazole rings is 1. The zero-order valence-electron chi connectivity index (χ0n) is 11.2. The fourth-order valence-corrected chi connectivity index (χ4v) is 1.58. The number of amides is 1. The zero-order chi connectivity index (χ0) is 13.8. The molecule has 2 aromatic heterocycles. The van der Waals surface area contributed by atoms with E-state index in [0.717, 1.165) is 5.69 Å². The van der Waals surface area contributed by atoms with Gasteiger partial charge >= 0.3 is 0 Å². The largest absolute Gasteiger partial charge is 0.435 e. The molecule has 6 heteroatoms. The molecule has 0 spiro atoms. The van der Waals surface area contributed by atoms with Gasteiger partial charge in [0.2, 0.25) is 5.76 Å². The van der Waals surface area contributed by atoms with E-state index in [2.05, 4.69) is 20.3 Å². The molecule has 19 heavy (non-hydrogen) atoms. The number of nitrogens with zero attached hydrogens (tertiary/aromatic N) is 3. The van der Waals surface area contributed by atoms with Crippen LogP contribution in [0.5, 0.6) is 0 Å². The highest BCUT2D eigenvalue weighted by atomic mass is 16.4. The van der Waals surface area contributed by atoms with Crippen molar-refractivity contribution in [2.24, 2.45) is 0 Å². The third kappa shape index (κ3) is 3.15. The number of carbonyl (C=O) groups excluding carboxylic acids is 1. The van der Waals surface area contributed by atoms with Gasteiger partial charge in [0, 0.05) is 12.6 Å². The predicted molar refractivity (Wildman–Crippen MR) is 68.6 cm³/mol. The lowest BCUT2D eigenvalue weighted by Crippen LogP contribution is -2.23. The molecule has 0 saturated carbocycles. The van der Waals surface area contributed by atoms with Gasteiger partial charge in [-0.2, -0.15) is 0 Å². The maximum Gasteiger partial charge on any atom is 0.289 e. The van der Waals surface area contributed by atoms with E-state index >= 15 is 0 Å². The molecule has 6 nitrogen and oxygen atoms in total. The first-order valence-corrected chi connectivity index (χ1v) is 6.12. The second kappa shape index (κ2) is 5.60. The Bertz CT molecular complexity index is 575. The minimum Gasteiger partial charge on any atom is -0.435 e. The minimum atomic E-state index is -0.285. The highest BCUT2D eigenvalue weighted by molar-refractivity contribution is 5.92. The molecule has 1 N–H and O–H groups in total. The fraction of sp³-hybridized carbons (Fsp3) is 0.385. The molecular weight excluding hydrogens is 244 g/mol. The first-order valence-electron chi connectivity index (χ1n) is 6.12. The molecule has 0 saturated heterocycles. The van der Waals surface area contributed by atoms with E-state index in [-0.39, 0.29) is 11.7 Å². The van der Waals surface area contributed by atoms with Crippen LogP contribution in [0.1, 0.15) is 40.5 Å². The van der Waals surface area contributed by atoms with Gasteiger partial charge in [-0.3, -0.25) is 14.8 Å². The van der Waals surface area contributed by atoms with E-state index < -0.39 is 0 Å². The van der Waals surface area contributed by atoms with Crippen molar-refractivity contribution < 1.29 is 9.21 Å². The lowest BCUT2D eigenvalue weighted by molar-refractivity contribution is 0.0920. The highest BCUT2D eigenvalue weighted by Crippen LogP contribution is 2.10. The summed E-state index contributed by atoms with van der Waals surface area (Å²) in [5.41, 5.74) is 2.14. The SMILES string of the molecule is CCc1nc(C)c(C(=O)NCc2cnc(C)cn2)o1. The summed E-state index contributed by atoms with van der Waals surface area (Å²) in [4.78, 5) is 24.4. The van der Waals surface area contributed by atoms with Gasteiger partial charge in [-0.15, -0.1) is 0 Å². The Morgan fingerprint density at radius 1 is 1.32 bits per heavy atom. The summed E-state index contributed by atoms with van der Waals surface area (Å²) in [6.07, 6.45) is 3.97. The van der Waals surface area contributed by atoms with E-state index in [4.69, 9.17) is 4.42 Å². The Kier molecular flexibility index (Phi) is 3.89. The van der Waals surface area contributed by atoms with Gasteiger partial charge in [-0.05, 0) is 13.8 Å². The quantitative estimate of drug-likeness (QED) is 0.902. The van der Waals surface area contributed by atoms with Crippen molar-refractivity contribution in [2.75, 3.05) is 0 Å². The van der Waals surface area contributed by atoms with Crippen LogP contribution in [0.3, 0.4) is 0 Å². The Labute approximate surface area is 111 Å². The van der Waals surface area contributed by atoms with Crippen molar-refractivity contribution in [3.05, 3.63) is 41.1 Å². The molecule has 0 aromatic carbocycles. The molecule has 100 valence electrons. The molecule has 2 heterocycles. The van der Waals surface area contributed by atoms with Crippen LogP contribution in [0, 0.1) is 13.8 Å². The molecule has 0 aliphatic carbocycles. The second-order valence-corrected chi connectivity index (χ2v) is 4.21. The average Bonchev–Trinajstić information content (AvgIpc) is 2.79. The molecule has 0 unspecified atom stereocenters. The molecule has 0 bridgehead atoms. The van der Waals surface area contributed by atoms with E-state index in [9.17, 15) is 4.79 Å². The topological polar surface area (TPSA) is 80.9 Å². The Balaban J connectivity index is 2.01. The molecule has 0 aliphatic rings. The van der Waals surface area contributed by atoms with Gasteiger partial charge in [0.05, 0.1) is 29.8 Å².